The summed E-state index contributed by atoms with van der Waals surface area (Å²) >= 11 is 1.13. The van der Waals surface area contributed by atoms with Crippen LogP contribution in [0.2, 0.25) is 0 Å². The van der Waals surface area contributed by atoms with Gasteiger partial charge in [0.1, 0.15) is 10.6 Å². The lowest BCUT2D eigenvalue weighted by Crippen LogP contribution is -2.17. The number of rotatable bonds is 7. The Morgan fingerprint density at radius 3 is 2.88 bits per heavy atom. The van der Waals surface area contributed by atoms with Gasteiger partial charge >= 0.3 is 0 Å². The number of aromatic nitrogens is 1. The zero-order valence-corrected chi connectivity index (χ0v) is 10.8. The lowest BCUT2D eigenvalue weighted by atomic mass is 10.2. The monoisotopic (exact) mass is 258 g/mol. The molecule has 6 nitrogen and oxygen atoms in total. The minimum atomic E-state index is -0.568. The summed E-state index contributed by atoms with van der Waals surface area (Å²) in [4.78, 5) is 11.1. The number of nitrogen functional groups attached to an aromatic ring is 1. The van der Waals surface area contributed by atoms with Gasteiger partial charge in [0, 0.05) is 13.2 Å². The number of nitrogens with one attached hydrogen (secondary N) is 1. The first kappa shape index (κ1) is 13.7. The van der Waals surface area contributed by atoms with Gasteiger partial charge in [-0.25, -0.2) is 0 Å². The van der Waals surface area contributed by atoms with Crippen molar-refractivity contribution in [1.29, 1.82) is 0 Å². The number of carbonyl (C=O) groups is 1. The molecule has 96 valence electrons. The van der Waals surface area contributed by atoms with Crippen molar-refractivity contribution in [2.75, 3.05) is 30.8 Å². The van der Waals surface area contributed by atoms with Crippen LogP contribution in [-0.2, 0) is 4.74 Å². The van der Waals surface area contributed by atoms with Gasteiger partial charge in [-0.3, -0.25) is 4.79 Å². The van der Waals surface area contributed by atoms with Crippen molar-refractivity contribution in [1.82, 2.24) is 4.37 Å². The van der Waals surface area contributed by atoms with Crippen molar-refractivity contribution < 1.29 is 9.53 Å². The smallest absolute Gasteiger partial charge is 0.255 e. The predicted molar refractivity (Wildman–Crippen MR) is 69.2 cm³/mol. The lowest BCUT2D eigenvalue weighted by Gasteiger charge is -2.08. The number of hydrogen-bond acceptors (Lipinski definition) is 6. The summed E-state index contributed by atoms with van der Waals surface area (Å²) in [5, 5.41) is 3.64. The Labute approximate surface area is 104 Å². The summed E-state index contributed by atoms with van der Waals surface area (Å²) in [6, 6.07) is 0. The van der Waals surface area contributed by atoms with E-state index in [0.717, 1.165) is 18.1 Å². The number of primary amides is 1. The Balaban J connectivity index is 2.39. The molecule has 1 amide bonds. The third kappa shape index (κ3) is 4.20. The average molecular weight is 258 g/mol. The van der Waals surface area contributed by atoms with Crippen molar-refractivity contribution in [3.05, 3.63) is 5.56 Å². The normalized spacial score (nSPS) is 10.8. The molecule has 7 heteroatoms. The Hall–Kier alpha value is -1.34. The van der Waals surface area contributed by atoms with Crippen LogP contribution in [0.3, 0.4) is 0 Å². The fraction of sp³-hybridized carbons (Fsp3) is 0.600. The van der Waals surface area contributed by atoms with E-state index >= 15 is 0 Å². The summed E-state index contributed by atoms with van der Waals surface area (Å²) in [5.74, 6) is 0.116. The summed E-state index contributed by atoms with van der Waals surface area (Å²) in [5.41, 5.74) is 11.0. The molecule has 1 rings (SSSR count). The average Bonchev–Trinajstić information content (AvgIpc) is 2.59. The molecule has 0 aromatic carbocycles. The Morgan fingerprint density at radius 2 is 2.29 bits per heavy atom. The molecule has 5 N–H and O–H groups in total. The van der Waals surface area contributed by atoms with Crippen molar-refractivity contribution in [3.63, 3.8) is 0 Å². The number of nitrogens with zero attached hydrogens (tertiary/aromatic N) is 1. The molecule has 0 unspecified atom stereocenters. The minimum Gasteiger partial charge on any atom is -0.382 e. The van der Waals surface area contributed by atoms with E-state index in [2.05, 4.69) is 23.5 Å². The van der Waals surface area contributed by atoms with E-state index < -0.39 is 5.91 Å². The van der Waals surface area contributed by atoms with Crippen molar-refractivity contribution >= 4 is 28.3 Å². The second kappa shape index (κ2) is 6.41. The molecule has 0 spiro atoms. The zero-order valence-electron chi connectivity index (χ0n) is 10.0. The third-order valence-electron chi connectivity index (χ3n) is 1.95. The molecule has 0 aliphatic rings. The first-order valence-electron chi connectivity index (χ1n) is 5.39. The van der Waals surface area contributed by atoms with Crippen LogP contribution < -0.4 is 16.8 Å². The summed E-state index contributed by atoms with van der Waals surface area (Å²) in [6.45, 7) is 6.04. The van der Waals surface area contributed by atoms with E-state index in [1.807, 2.05) is 0 Å². The SMILES string of the molecule is CC(C)COCCNc1snc(N)c1C(N)=O. The number of hydrogen-bond donors (Lipinski definition) is 3. The van der Waals surface area contributed by atoms with Crippen LogP contribution in [0.25, 0.3) is 0 Å². The highest BCUT2D eigenvalue weighted by atomic mass is 32.1. The van der Waals surface area contributed by atoms with E-state index in [1.54, 1.807) is 0 Å². The molecule has 0 aliphatic heterocycles. The molecule has 0 bridgehead atoms. The maximum absolute atomic E-state index is 11.1. The van der Waals surface area contributed by atoms with Crippen molar-refractivity contribution in [2.45, 2.75) is 13.8 Å². The molecule has 1 aromatic heterocycles. The van der Waals surface area contributed by atoms with E-state index in [1.165, 1.54) is 0 Å². The molecule has 0 saturated carbocycles. The van der Waals surface area contributed by atoms with Crippen LogP contribution in [-0.4, -0.2) is 30.0 Å². The van der Waals surface area contributed by atoms with Gasteiger partial charge in [-0.05, 0) is 17.5 Å². The van der Waals surface area contributed by atoms with Crippen LogP contribution >= 0.6 is 11.5 Å². The van der Waals surface area contributed by atoms with Crippen molar-refractivity contribution in [2.24, 2.45) is 11.7 Å². The van der Waals surface area contributed by atoms with Crippen LogP contribution in [0, 0.1) is 5.92 Å². The molecule has 1 heterocycles. The van der Waals surface area contributed by atoms with Gasteiger partial charge in [-0.2, -0.15) is 4.37 Å². The minimum absolute atomic E-state index is 0.174. The van der Waals surface area contributed by atoms with Gasteiger partial charge < -0.3 is 21.5 Å². The first-order chi connectivity index (χ1) is 8.02. The summed E-state index contributed by atoms with van der Waals surface area (Å²) in [7, 11) is 0. The molecule has 1 aromatic rings. The van der Waals surface area contributed by atoms with E-state index in [9.17, 15) is 4.79 Å². The molecule has 0 fully saturated rings. The highest BCUT2D eigenvalue weighted by molar-refractivity contribution is 7.11. The molecule has 0 aliphatic carbocycles. The highest BCUT2D eigenvalue weighted by Gasteiger charge is 2.15. The summed E-state index contributed by atoms with van der Waals surface area (Å²) < 4.78 is 9.28. The third-order valence-corrected chi connectivity index (χ3v) is 2.77. The zero-order chi connectivity index (χ0) is 12.8. The maximum atomic E-state index is 11.1. The number of amides is 1. The molecular formula is C10H18N4O2S. The Kier molecular flexibility index (Phi) is 5.17. The Bertz CT molecular complexity index is 378. The van der Waals surface area contributed by atoms with Gasteiger partial charge in [0.15, 0.2) is 5.82 Å². The number of nitrogens with two attached hydrogens (primary N) is 2. The van der Waals surface area contributed by atoms with Crippen LogP contribution in [0.5, 0.6) is 0 Å². The number of ether oxygens (including phenoxy) is 1. The first-order valence-corrected chi connectivity index (χ1v) is 6.16. The van der Waals surface area contributed by atoms with Crippen molar-refractivity contribution in [3.8, 4) is 0 Å². The quantitative estimate of drug-likeness (QED) is 0.631. The summed E-state index contributed by atoms with van der Waals surface area (Å²) in [6.07, 6.45) is 0. The number of carbonyl (C=O) groups excluding carboxylic acids is 1. The van der Waals surface area contributed by atoms with E-state index in [0.29, 0.717) is 24.1 Å². The molecule has 0 radical (unpaired) electrons. The fourth-order valence-corrected chi connectivity index (χ4v) is 1.96. The van der Waals surface area contributed by atoms with E-state index in [4.69, 9.17) is 16.2 Å². The second-order valence-electron chi connectivity index (χ2n) is 4.03. The van der Waals surface area contributed by atoms with Crippen LogP contribution in [0.4, 0.5) is 10.8 Å². The molecule has 0 atom stereocenters. The van der Waals surface area contributed by atoms with Gasteiger partial charge in [0.05, 0.1) is 6.61 Å². The standard InChI is InChI=1S/C10H18N4O2S/c1-6(2)5-16-4-3-13-10-7(9(12)15)8(11)14-17-10/h6,13H,3-5H2,1-2H3,(H2,11,14)(H2,12,15). The topological polar surface area (TPSA) is 103 Å². The fourth-order valence-electron chi connectivity index (χ4n) is 1.22. The lowest BCUT2D eigenvalue weighted by molar-refractivity contribution is 0.100. The second-order valence-corrected chi connectivity index (χ2v) is 4.81. The van der Waals surface area contributed by atoms with Crippen LogP contribution in [0.15, 0.2) is 0 Å². The highest BCUT2D eigenvalue weighted by Crippen LogP contribution is 2.25. The predicted octanol–water partition coefficient (Wildman–Crippen LogP) is 0.909. The molecular weight excluding hydrogens is 240 g/mol. The van der Waals surface area contributed by atoms with Gasteiger partial charge in [0.25, 0.3) is 5.91 Å². The largest absolute Gasteiger partial charge is 0.382 e. The molecule has 0 saturated heterocycles. The van der Waals surface area contributed by atoms with Gasteiger partial charge in [-0.15, -0.1) is 0 Å². The van der Waals surface area contributed by atoms with Crippen LogP contribution in [0.1, 0.15) is 24.2 Å². The van der Waals surface area contributed by atoms with E-state index in [-0.39, 0.29) is 11.4 Å². The van der Waals surface area contributed by atoms with Gasteiger partial charge in [0.2, 0.25) is 0 Å². The number of anilines is 2. The van der Waals surface area contributed by atoms with Gasteiger partial charge in [-0.1, -0.05) is 13.8 Å². The Morgan fingerprint density at radius 1 is 1.59 bits per heavy atom. The molecule has 17 heavy (non-hydrogen) atoms. The maximum Gasteiger partial charge on any atom is 0.255 e.